The van der Waals surface area contributed by atoms with Crippen LogP contribution >= 0.6 is 0 Å². The molecular formula is C9H10N2O. The second kappa shape index (κ2) is 2.95. The lowest BCUT2D eigenvalue weighted by atomic mass is 9.97. The van der Waals surface area contributed by atoms with Crippen LogP contribution in [0.25, 0.3) is 0 Å². The van der Waals surface area contributed by atoms with Crippen LogP contribution in [-0.2, 0) is 17.6 Å². The Kier molecular flexibility index (Phi) is 1.80. The summed E-state index contributed by atoms with van der Waals surface area (Å²) in [6.07, 6.45) is 7.93. The third kappa shape index (κ3) is 1.08. The molecule has 0 spiro atoms. The second-order valence-corrected chi connectivity index (χ2v) is 3.04. The molecule has 1 aromatic heterocycles. The first-order valence-corrected chi connectivity index (χ1v) is 4.19. The number of nitrogens with zero attached hydrogens (tertiary/aromatic N) is 1. The van der Waals surface area contributed by atoms with Gasteiger partial charge in [0, 0.05) is 11.9 Å². The molecule has 62 valence electrons. The molecule has 0 aromatic carbocycles. The zero-order chi connectivity index (χ0) is 8.39. The predicted octanol–water partition coefficient (Wildman–Crippen LogP) is 1.86. The fourth-order valence-electron chi connectivity index (χ4n) is 1.74. The summed E-state index contributed by atoms with van der Waals surface area (Å²) in [6.45, 7) is 0. The summed E-state index contributed by atoms with van der Waals surface area (Å²) in [5.41, 5.74) is 3.24. The number of fused-ring (bicyclic) bond motifs is 1. The molecule has 3 nitrogen and oxygen atoms in total. The van der Waals surface area contributed by atoms with E-state index in [1.165, 1.54) is 24.1 Å². The van der Waals surface area contributed by atoms with Gasteiger partial charge in [0.1, 0.15) is 0 Å². The van der Waals surface area contributed by atoms with Gasteiger partial charge in [0.05, 0.1) is 5.69 Å². The fourth-order valence-corrected chi connectivity index (χ4v) is 1.74. The normalized spacial score (nSPS) is 15.0. The van der Waals surface area contributed by atoms with Gasteiger partial charge >= 0.3 is 0 Å². The van der Waals surface area contributed by atoms with Crippen molar-refractivity contribution in [3.05, 3.63) is 17.5 Å². The zero-order valence-corrected chi connectivity index (χ0v) is 6.76. The monoisotopic (exact) mass is 162 g/mol. The SMILES string of the molecule is O=C=Nc1c[nH]c2c1CCCC2. The van der Waals surface area contributed by atoms with Gasteiger partial charge in [-0.2, -0.15) is 4.99 Å². The molecule has 1 heterocycles. The number of rotatable bonds is 1. The van der Waals surface area contributed by atoms with Crippen molar-refractivity contribution < 1.29 is 4.79 Å². The third-order valence-corrected chi connectivity index (χ3v) is 2.33. The molecule has 0 atom stereocenters. The molecule has 2 rings (SSSR count). The topological polar surface area (TPSA) is 45.2 Å². The minimum atomic E-state index is 0.778. The summed E-state index contributed by atoms with van der Waals surface area (Å²) in [5, 5.41) is 0. The van der Waals surface area contributed by atoms with Crippen molar-refractivity contribution in [2.45, 2.75) is 25.7 Å². The van der Waals surface area contributed by atoms with Crippen molar-refractivity contribution in [1.29, 1.82) is 0 Å². The number of hydrogen-bond acceptors (Lipinski definition) is 2. The van der Waals surface area contributed by atoms with Crippen LogP contribution in [0.4, 0.5) is 5.69 Å². The molecule has 1 aromatic rings. The molecule has 0 radical (unpaired) electrons. The lowest BCUT2D eigenvalue weighted by Gasteiger charge is -2.10. The average Bonchev–Trinajstić information content (AvgIpc) is 2.50. The number of aromatic amines is 1. The molecule has 3 heteroatoms. The van der Waals surface area contributed by atoms with Crippen molar-refractivity contribution in [2.24, 2.45) is 4.99 Å². The zero-order valence-electron chi connectivity index (χ0n) is 6.76. The van der Waals surface area contributed by atoms with Crippen LogP contribution in [0.5, 0.6) is 0 Å². The lowest BCUT2D eigenvalue weighted by molar-refractivity contribution is 0.565. The molecule has 0 bridgehead atoms. The van der Waals surface area contributed by atoms with Gasteiger partial charge in [-0.15, -0.1) is 0 Å². The van der Waals surface area contributed by atoms with Crippen LogP contribution in [0.3, 0.4) is 0 Å². The molecule has 0 aliphatic heterocycles. The quantitative estimate of drug-likeness (QED) is 0.497. The van der Waals surface area contributed by atoms with Gasteiger partial charge in [-0.1, -0.05) is 0 Å². The first-order valence-electron chi connectivity index (χ1n) is 4.19. The Hall–Kier alpha value is -1.34. The van der Waals surface area contributed by atoms with E-state index < -0.39 is 0 Å². The van der Waals surface area contributed by atoms with Crippen LogP contribution in [0, 0.1) is 0 Å². The van der Waals surface area contributed by atoms with Crippen molar-refractivity contribution in [3.8, 4) is 0 Å². The van der Waals surface area contributed by atoms with E-state index in [9.17, 15) is 4.79 Å². The summed E-state index contributed by atoms with van der Waals surface area (Å²) >= 11 is 0. The number of isocyanates is 1. The average molecular weight is 162 g/mol. The van der Waals surface area contributed by atoms with E-state index in [0.717, 1.165) is 18.5 Å². The molecule has 0 fully saturated rings. The minimum Gasteiger partial charge on any atom is -0.363 e. The maximum absolute atomic E-state index is 10.1. The van der Waals surface area contributed by atoms with E-state index in [1.54, 1.807) is 12.3 Å². The summed E-state index contributed by atoms with van der Waals surface area (Å²) < 4.78 is 0. The molecule has 1 aliphatic rings. The van der Waals surface area contributed by atoms with Crippen molar-refractivity contribution in [3.63, 3.8) is 0 Å². The smallest absolute Gasteiger partial charge is 0.240 e. The van der Waals surface area contributed by atoms with E-state index >= 15 is 0 Å². The van der Waals surface area contributed by atoms with Gasteiger partial charge in [0.15, 0.2) is 0 Å². The molecule has 0 saturated carbocycles. The summed E-state index contributed by atoms with van der Waals surface area (Å²) in [7, 11) is 0. The Morgan fingerprint density at radius 3 is 3.08 bits per heavy atom. The van der Waals surface area contributed by atoms with Crippen molar-refractivity contribution in [2.75, 3.05) is 0 Å². The highest BCUT2D eigenvalue weighted by molar-refractivity contribution is 5.55. The maximum Gasteiger partial charge on any atom is 0.240 e. The van der Waals surface area contributed by atoms with Crippen molar-refractivity contribution >= 4 is 11.8 Å². The molecule has 0 saturated heterocycles. The molecule has 0 amide bonds. The number of aromatic nitrogens is 1. The number of H-pyrrole nitrogens is 1. The molecule has 12 heavy (non-hydrogen) atoms. The van der Waals surface area contributed by atoms with Gasteiger partial charge in [0.2, 0.25) is 6.08 Å². The maximum atomic E-state index is 10.1. The summed E-state index contributed by atoms with van der Waals surface area (Å²) in [6, 6.07) is 0. The van der Waals surface area contributed by atoms with Crippen LogP contribution < -0.4 is 0 Å². The second-order valence-electron chi connectivity index (χ2n) is 3.04. The Morgan fingerprint density at radius 2 is 2.25 bits per heavy atom. The van der Waals surface area contributed by atoms with E-state index in [4.69, 9.17) is 0 Å². The summed E-state index contributed by atoms with van der Waals surface area (Å²) in [4.78, 5) is 16.8. The van der Waals surface area contributed by atoms with Crippen LogP contribution in [0.1, 0.15) is 24.1 Å². The Morgan fingerprint density at radius 1 is 1.42 bits per heavy atom. The van der Waals surface area contributed by atoms with E-state index in [-0.39, 0.29) is 0 Å². The number of carbonyl (C=O) groups excluding carboxylic acids is 1. The third-order valence-electron chi connectivity index (χ3n) is 2.33. The predicted molar refractivity (Wildman–Crippen MR) is 45.2 cm³/mol. The highest BCUT2D eigenvalue weighted by Crippen LogP contribution is 2.28. The Labute approximate surface area is 70.5 Å². The van der Waals surface area contributed by atoms with E-state index in [2.05, 4.69) is 9.98 Å². The number of aliphatic imine (C=N–C) groups is 1. The Balaban J connectivity index is 2.44. The number of hydrogen-bond donors (Lipinski definition) is 1. The molecule has 1 aliphatic carbocycles. The van der Waals surface area contributed by atoms with Crippen LogP contribution in [0.15, 0.2) is 11.2 Å². The van der Waals surface area contributed by atoms with Gasteiger partial charge in [0.25, 0.3) is 0 Å². The standard InChI is InChI=1S/C9H10N2O/c12-6-11-9-5-10-8-4-2-1-3-7(8)9/h5,10H,1-4H2. The van der Waals surface area contributed by atoms with E-state index in [1.807, 2.05) is 0 Å². The molecule has 0 unspecified atom stereocenters. The number of nitrogens with one attached hydrogen (secondary N) is 1. The Bertz CT molecular complexity index is 334. The summed E-state index contributed by atoms with van der Waals surface area (Å²) in [5.74, 6) is 0. The minimum absolute atomic E-state index is 0.778. The van der Waals surface area contributed by atoms with Gasteiger partial charge in [-0.3, -0.25) is 0 Å². The van der Waals surface area contributed by atoms with E-state index in [0.29, 0.717) is 0 Å². The first kappa shape index (κ1) is 7.32. The highest BCUT2D eigenvalue weighted by atomic mass is 16.1. The largest absolute Gasteiger partial charge is 0.363 e. The van der Waals surface area contributed by atoms with Crippen molar-refractivity contribution in [1.82, 2.24) is 4.98 Å². The van der Waals surface area contributed by atoms with Gasteiger partial charge < -0.3 is 4.98 Å². The molecule has 1 N–H and O–H groups in total. The number of aryl methyl sites for hydroxylation is 1. The molecular weight excluding hydrogens is 152 g/mol. The lowest BCUT2D eigenvalue weighted by Crippen LogP contribution is -1.99. The van der Waals surface area contributed by atoms with Gasteiger partial charge in [-0.25, -0.2) is 4.79 Å². The van der Waals surface area contributed by atoms with Crippen LogP contribution in [-0.4, -0.2) is 11.1 Å². The van der Waals surface area contributed by atoms with Gasteiger partial charge in [-0.05, 0) is 31.2 Å². The fraction of sp³-hybridized carbons (Fsp3) is 0.444. The van der Waals surface area contributed by atoms with Crippen LogP contribution in [0.2, 0.25) is 0 Å². The highest BCUT2D eigenvalue weighted by Gasteiger charge is 2.14. The first-order chi connectivity index (χ1) is 5.92.